The topological polar surface area (TPSA) is 85.4 Å². The Morgan fingerprint density at radius 2 is 1.87 bits per heavy atom. The van der Waals surface area contributed by atoms with E-state index in [9.17, 15) is 14.4 Å². The quantitative estimate of drug-likeness (QED) is 0.662. The molecule has 1 atom stereocenters. The number of nitrogens with zero attached hydrogens (tertiary/aromatic N) is 2. The molecule has 2 aromatic rings. The number of likely N-dealkylation sites (N-methyl/N-ethyl adjacent to an activating group) is 1. The predicted molar refractivity (Wildman–Crippen MR) is 112 cm³/mol. The van der Waals surface area contributed by atoms with Gasteiger partial charge in [-0.2, -0.15) is 0 Å². The highest BCUT2D eigenvalue weighted by Crippen LogP contribution is 2.31. The number of esters is 1. The lowest BCUT2D eigenvalue weighted by molar-refractivity contribution is -0.134. The average Bonchev–Trinajstić information content (AvgIpc) is 3.22. The van der Waals surface area contributed by atoms with E-state index in [0.29, 0.717) is 43.3 Å². The van der Waals surface area contributed by atoms with Gasteiger partial charge in [-0.1, -0.05) is 24.3 Å². The van der Waals surface area contributed by atoms with Crippen molar-refractivity contribution in [3.8, 4) is 11.5 Å². The third-order valence-corrected chi connectivity index (χ3v) is 5.29. The van der Waals surface area contributed by atoms with Gasteiger partial charge >= 0.3 is 5.97 Å². The number of hydrogen-bond donors (Lipinski definition) is 0. The lowest BCUT2D eigenvalue weighted by atomic mass is 10.1. The number of benzene rings is 2. The molecule has 1 fully saturated rings. The van der Waals surface area contributed by atoms with E-state index < -0.39 is 12.6 Å². The Morgan fingerprint density at radius 3 is 2.65 bits per heavy atom. The molecule has 2 aliphatic rings. The molecule has 0 aliphatic carbocycles. The van der Waals surface area contributed by atoms with Crippen molar-refractivity contribution < 1.29 is 28.6 Å². The van der Waals surface area contributed by atoms with Crippen molar-refractivity contribution >= 4 is 23.5 Å². The first kappa shape index (κ1) is 20.7. The lowest BCUT2D eigenvalue weighted by Gasteiger charge is -2.29. The number of carbonyl (C=O) groups excluding carboxylic acids is 3. The Hall–Kier alpha value is -3.55. The molecule has 162 valence electrons. The number of para-hydroxylation sites is 3. The van der Waals surface area contributed by atoms with Crippen LogP contribution in [0.3, 0.4) is 0 Å². The van der Waals surface area contributed by atoms with Gasteiger partial charge in [-0.3, -0.25) is 9.59 Å². The van der Waals surface area contributed by atoms with Gasteiger partial charge < -0.3 is 24.0 Å². The summed E-state index contributed by atoms with van der Waals surface area (Å²) in [7, 11) is 1.62. The van der Waals surface area contributed by atoms with Crippen molar-refractivity contribution in [2.24, 2.45) is 0 Å². The molecule has 0 spiro atoms. The van der Waals surface area contributed by atoms with E-state index in [1.807, 2.05) is 24.3 Å². The fourth-order valence-corrected chi connectivity index (χ4v) is 3.66. The van der Waals surface area contributed by atoms with Crippen LogP contribution in [0.25, 0.3) is 0 Å². The molecule has 0 aromatic heterocycles. The van der Waals surface area contributed by atoms with E-state index in [4.69, 9.17) is 14.2 Å². The second kappa shape index (κ2) is 9.07. The molecule has 8 nitrogen and oxygen atoms in total. The van der Waals surface area contributed by atoms with Crippen LogP contribution >= 0.6 is 0 Å². The zero-order valence-corrected chi connectivity index (χ0v) is 17.3. The zero-order chi connectivity index (χ0) is 21.8. The van der Waals surface area contributed by atoms with Gasteiger partial charge in [0.2, 0.25) is 5.91 Å². The summed E-state index contributed by atoms with van der Waals surface area (Å²) in [6.45, 7) is 0.786. The number of rotatable bonds is 6. The van der Waals surface area contributed by atoms with Gasteiger partial charge in [0.25, 0.3) is 5.91 Å². The molecule has 2 aromatic carbocycles. The molecule has 0 N–H and O–H groups in total. The van der Waals surface area contributed by atoms with Crippen LogP contribution in [0, 0.1) is 0 Å². The minimum absolute atomic E-state index is 0.0210. The fraction of sp³-hybridized carbons (Fsp3) is 0.348. The second-order valence-corrected chi connectivity index (χ2v) is 7.51. The molecule has 0 saturated carbocycles. The third kappa shape index (κ3) is 4.63. The minimum Gasteiger partial charge on any atom is -0.486 e. The van der Waals surface area contributed by atoms with Gasteiger partial charge in [-0.25, -0.2) is 4.79 Å². The predicted octanol–water partition coefficient (Wildman–Crippen LogP) is 2.27. The number of carbonyl (C=O) groups is 3. The fourth-order valence-electron chi connectivity index (χ4n) is 3.66. The minimum atomic E-state index is -0.636. The number of anilines is 1. The number of fused-ring (bicyclic) bond motifs is 1. The number of ether oxygens (including phenoxy) is 3. The normalized spacial score (nSPS) is 17.4. The van der Waals surface area contributed by atoms with Crippen LogP contribution in [0.5, 0.6) is 11.5 Å². The maximum Gasteiger partial charge on any atom is 0.340 e. The second-order valence-electron chi connectivity index (χ2n) is 7.51. The van der Waals surface area contributed by atoms with E-state index in [2.05, 4.69) is 0 Å². The molecule has 0 radical (unpaired) electrons. The molecule has 2 aliphatic heterocycles. The van der Waals surface area contributed by atoms with E-state index in [-0.39, 0.29) is 23.5 Å². The lowest BCUT2D eigenvalue weighted by Crippen LogP contribution is -2.43. The third-order valence-electron chi connectivity index (χ3n) is 5.29. The number of hydrogen-bond acceptors (Lipinski definition) is 6. The highest BCUT2D eigenvalue weighted by atomic mass is 16.6. The van der Waals surface area contributed by atoms with E-state index in [1.54, 1.807) is 36.2 Å². The molecular weight excluding hydrogens is 400 g/mol. The molecule has 1 unspecified atom stereocenters. The Morgan fingerprint density at radius 1 is 1.13 bits per heavy atom. The zero-order valence-electron chi connectivity index (χ0n) is 17.3. The maximum atomic E-state index is 12.6. The van der Waals surface area contributed by atoms with Gasteiger partial charge in [0.15, 0.2) is 24.2 Å². The van der Waals surface area contributed by atoms with Crippen molar-refractivity contribution in [2.45, 2.75) is 18.9 Å². The van der Waals surface area contributed by atoms with Crippen molar-refractivity contribution in [1.82, 2.24) is 4.90 Å². The summed E-state index contributed by atoms with van der Waals surface area (Å²) < 4.78 is 16.8. The smallest absolute Gasteiger partial charge is 0.340 e. The van der Waals surface area contributed by atoms with Gasteiger partial charge in [0, 0.05) is 20.0 Å². The molecule has 8 heteroatoms. The Labute approximate surface area is 180 Å². The SMILES string of the molecule is CN(CC1COc2ccccc2O1)C(=O)COC(=O)c1ccccc1N1CCCC1=O. The van der Waals surface area contributed by atoms with Crippen molar-refractivity contribution in [1.29, 1.82) is 0 Å². The largest absolute Gasteiger partial charge is 0.486 e. The van der Waals surface area contributed by atoms with Crippen LogP contribution in [-0.4, -0.2) is 62.1 Å². The Kier molecular flexibility index (Phi) is 6.06. The van der Waals surface area contributed by atoms with Crippen LogP contribution < -0.4 is 14.4 Å². The summed E-state index contributed by atoms with van der Waals surface area (Å²) >= 11 is 0. The van der Waals surface area contributed by atoms with Crippen molar-refractivity contribution in [3.63, 3.8) is 0 Å². The van der Waals surface area contributed by atoms with Gasteiger partial charge in [-0.15, -0.1) is 0 Å². The molecule has 4 rings (SSSR count). The summed E-state index contributed by atoms with van der Waals surface area (Å²) in [6.07, 6.45) is 0.897. The molecule has 0 bridgehead atoms. The van der Waals surface area contributed by atoms with E-state index in [0.717, 1.165) is 6.42 Å². The van der Waals surface area contributed by atoms with E-state index in [1.165, 1.54) is 4.90 Å². The van der Waals surface area contributed by atoms with Crippen LogP contribution in [-0.2, 0) is 14.3 Å². The summed E-state index contributed by atoms with van der Waals surface area (Å²) in [5.41, 5.74) is 0.788. The molecule has 31 heavy (non-hydrogen) atoms. The van der Waals surface area contributed by atoms with Crippen LogP contribution in [0.1, 0.15) is 23.2 Å². The molecule has 1 saturated heterocycles. The highest BCUT2D eigenvalue weighted by molar-refractivity contribution is 6.03. The first-order chi connectivity index (χ1) is 15.0. The van der Waals surface area contributed by atoms with Gasteiger partial charge in [-0.05, 0) is 30.7 Å². The first-order valence-electron chi connectivity index (χ1n) is 10.2. The van der Waals surface area contributed by atoms with E-state index >= 15 is 0 Å². The maximum absolute atomic E-state index is 12.6. The molecular formula is C23H24N2O6. The Balaban J connectivity index is 1.32. The van der Waals surface area contributed by atoms with Crippen molar-refractivity contribution in [3.05, 3.63) is 54.1 Å². The summed E-state index contributed by atoms with van der Waals surface area (Å²) in [5.74, 6) is 0.303. The monoisotopic (exact) mass is 424 g/mol. The van der Waals surface area contributed by atoms with Crippen LogP contribution in [0.2, 0.25) is 0 Å². The summed E-state index contributed by atoms with van der Waals surface area (Å²) in [4.78, 5) is 40.2. The first-order valence-corrected chi connectivity index (χ1v) is 10.2. The van der Waals surface area contributed by atoms with Crippen molar-refractivity contribution in [2.75, 3.05) is 38.3 Å². The molecule has 2 heterocycles. The summed E-state index contributed by atoms with van der Waals surface area (Å²) in [5, 5.41) is 0. The van der Waals surface area contributed by atoms with Crippen LogP contribution in [0.4, 0.5) is 5.69 Å². The highest BCUT2D eigenvalue weighted by Gasteiger charge is 2.27. The van der Waals surface area contributed by atoms with Gasteiger partial charge in [0.05, 0.1) is 17.8 Å². The van der Waals surface area contributed by atoms with Crippen LogP contribution in [0.15, 0.2) is 48.5 Å². The summed E-state index contributed by atoms with van der Waals surface area (Å²) in [6, 6.07) is 14.1. The average molecular weight is 424 g/mol. The molecule has 2 amide bonds. The number of amides is 2. The Bertz CT molecular complexity index is 992. The standard InChI is InChI=1S/C23H24N2O6/c1-24(13-16-14-29-19-9-4-5-10-20(19)31-16)22(27)15-30-23(28)17-7-2-3-8-18(17)25-12-6-11-21(25)26/h2-5,7-10,16H,6,11-15H2,1H3. The van der Waals surface area contributed by atoms with Gasteiger partial charge in [0.1, 0.15) is 6.61 Å².